The number of thiazole rings is 1. The maximum atomic E-state index is 13.8. The first kappa shape index (κ1) is 28.4. The van der Waals surface area contributed by atoms with Gasteiger partial charge in [-0.05, 0) is 55.3 Å². The van der Waals surface area contributed by atoms with Crippen molar-refractivity contribution in [2.45, 2.75) is 19.9 Å². The zero-order valence-corrected chi connectivity index (χ0v) is 23.4. The number of aliphatic carboxylic acids is 1. The van der Waals surface area contributed by atoms with Gasteiger partial charge in [-0.1, -0.05) is 23.5 Å². The third kappa shape index (κ3) is 5.57. The van der Waals surface area contributed by atoms with E-state index in [2.05, 4.69) is 4.99 Å². The zero-order valence-electron chi connectivity index (χ0n) is 22.5. The van der Waals surface area contributed by atoms with E-state index < -0.39 is 24.6 Å². The molecule has 0 bridgehead atoms. The van der Waals surface area contributed by atoms with Gasteiger partial charge in [0.1, 0.15) is 5.75 Å². The highest BCUT2D eigenvalue weighted by Crippen LogP contribution is 2.42. The fourth-order valence-corrected chi connectivity index (χ4v) is 5.37. The molecule has 0 spiro atoms. The molecule has 210 valence electrons. The van der Waals surface area contributed by atoms with Gasteiger partial charge in [-0.25, -0.2) is 14.6 Å². The quantitative estimate of drug-likeness (QED) is 0.366. The van der Waals surface area contributed by atoms with E-state index in [0.717, 1.165) is 0 Å². The molecular weight excluding hydrogens is 540 g/mol. The van der Waals surface area contributed by atoms with E-state index in [1.165, 1.54) is 37.2 Å². The maximum Gasteiger partial charge on any atom is 0.341 e. The molecule has 0 unspecified atom stereocenters. The summed E-state index contributed by atoms with van der Waals surface area (Å²) in [6.07, 6.45) is 1.69. The summed E-state index contributed by atoms with van der Waals surface area (Å²) in [6.45, 7) is 3.09. The summed E-state index contributed by atoms with van der Waals surface area (Å²) in [5.74, 6) is -0.185. The van der Waals surface area contributed by atoms with E-state index in [9.17, 15) is 14.4 Å². The molecule has 0 saturated carbocycles. The fraction of sp³-hybridized carbons (Fsp3) is 0.286. The molecular formula is C28H28N2O9S. The number of hydrogen-bond acceptors (Lipinski definition) is 10. The minimum atomic E-state index is -1.08. The Kier molecular flexibility index (Phi) is 8.58. The molecule has 11 nitrogen and oxygen atoms in total. The van der Waals surface area contributed by atoms with Gasteiger partial charge in [-0.2, -0.15) is 0 Å². The third-order valence-electron chi connectivity index (χ3n) is 6.06. The number of carbonyl (C=O) groups excluding carboxylic acids is 1. The zero-order chi connectivity index (χ0) is 29.0. The molecule has 0 saturated heterocycles. The Balaban J connectivity index is 1.89. The number of esters is 1. The van der Waals surface area contributed by atoms with Crippen molar-refractivity contribution in [3.8, 4) is 23.0 Å². The molecule has 3 aromatic rings. The first-order chi connectivity index (χ1) is 19.2. The van der Waals surface area contributed by atoms with E-state index in [0.29, 0.717) is 49.2 Å². The molecule has 0 amide bonds. The molecule has 1 atom stereocenters. The van der Waals surface area contributed by atoms with Gasteiger partial charge in [0, 0.05) is 0 Å². The molecule has 1 aromatic heterocycles. The number of benzene rings is 2. The van der Waals surface area contributed by atoms with Crippen LogP contribution in [0.25, 0.3) is 6.08 Å². The van der Waals surface area contributed by atoms with Gasteiger partial charge < -0.3 is 28.8 Å². The second kappa shape index (κ2) is 12.1. The van der Waals surface area contributed by atoms with Gasteiger partial charge in [0.25, 0.3) is 5.56 Å². The monoisotopic (exact) mass is 568 g/mol. The van der Waals surface area contributed by atoms with E-state index in [-0.39, 0.29) is 17.7 Å². The molecule has 12 heteroatoms. The van der Waals surface area contributed by atoms with Gasteiger partial charge in [0.15, 0.2) is 22.9 Å². The van der Waals surface area contributed by atoms with Crippen molar-refractivity contribution in [3.63, 3.8) is 0 Å². The summed E-state index contributed by atoms with van der Waals surface area (Å²) in [4.78, 5) is 42.7. The summed E-state index contributed by atoms with van der Waals surface area (Å²) in [5, 5.41) is 8.80. The summed E-state index contributed by atoms with van der Waals surface area (Å²) in [7, 11) is 4.46. The minimum absolute atomic E-state index is 0.147. The van der Waals surface area contributed by atoms with Crippen molar-refractivity contribution in [1.82, 2.24) is 4.57 Å². The number of allylic oxidation sites excluding steroid dienone is 1. The fourth-order valence-electron chi connectivity index (χ4n) is 4.32. The van der Waals surface area contributed by atoms with Crippen LogP contribution in [0.2, 0.25) is 0 Å². The van der Waals surface area contributed by atoms with Crippen molar-refractivity contribution in [2.24, 2.45) is 4.99 Å². The number of carboxylic acid groups (broad SMARTS) is 1. The molecule has 1 aliphatic heterocycles. The van der Waals surface area contributed by atoms with Crippen LogP contribution in [-0.4, -0.2) is 56.2 Å². The Morgan fingerprint density at radius 1 is 1.07 bits per heavy atom. The number of hydrogen-bond donors (Lipinski definition) is 1. The molecule has 2 aromatic carbocycles. The number of rotatable bonds is 10. The molecule has 40 heavy (non-hydrogen) atoms. The van der Waals surface area contributed by atoms with Gasteiger partial charge >= 0.3 is 11.9 Å². The Morgan fingerprint density at radius 2 is 1.73 bits per heavy atom. The smallest absolute Gasteiger partial charge is 0.341 e. The lowest BCUT2D eigenvalue weighted by atomic mass is 9.95. The number of nitrogens with zero attached hydrogens (tertiary/aromatic N) is 2. The van der Waals surface area contributed by atoms with Gasteiger partial charge in [-0.15, -0.1) is 0 Å². The minimum Gasteiger partial charge on any atom is -0.493 e. The molecule has 1 aliphatic rings. The van der Waals surface area contributed by atoms with Gasteiger partial charge in [-0.3, -0.25) is 9.36 Å². The number of carbonyl (C=O) groups is 2. The summed E-state index contributed by atoms with van der Waals surface area (Å²) >= 11 is 1.18. The van der Waals surface area contributed by atoms with Crippen LogP contribution in [0.4, 0.5) is 0 Å². The highest BCUT2D eigenvalue weighted by molar-refractivity contribution is 7.07. The normalized spacial score (nSPS) is 14.7. The number of methoxy groups -OCH3 is 3. The standard InChI is InChI=1S/C28H28N2O9S/c1-6-38-27(34)23-15(2)29-28-30(24(23)17-12-19(35-3)25(37-5)20(13-17)36-4)26(33)21(40-28)11-16-7-9-18(10-8-16)39-14-22(31)32/h7-13,24H,6,14H2,1-5H3,(H,31,32)/b21-11-/t24-/m1/s1. The topological polar surface area (TPSA) is 135 Å². The summed E-state index contributed by atoms with van der Waals surface area (Å²) in [6, 6.07) is 9.16. The Labute approximate surface area is 233 Å². The van der Waals surface area contributed by atoms with Crippen molar-refractivity contribution in [2.75, 3.05) is 34.5 Å². The largest absolute Gasteiger partial charge is 0.493 e. The lowest BCUT2D eigenvalue weighted by Gasteiger charge is -2.26. The van der Waals surface area contributed by atoms with Gasteiger partial charge in [0.2, 0.25) is 5.75 Å². The lowest BCUT2D eigenvalue weighted by molar-refractivity contribution is -0.140. The lowest BCUT2D eigenvalue weighted by Crippen LogP contribution is -2.40. The number of fused-ring (bicyclic) bond motifs is 1. The first-order valence-electron chi connectivity index (χ1n) is 12.2. The second-order valence-corrected chi connectivity index (χ2v) is 9.52. The van der Waals surface area contributed by atoms with Crippen LogP contribution in [0.5, 0.6) is 23.0 Å². The maximum absolute atomic E-state index is 13.8. The number of carboxylic acids is 1. The van der Waals surface area contributed by atoms with Crippen LogP contribution >= 0.6 is 11.3 Å². The first-order valence-corrected chi connectivity index (χ1v) is 13.0. The summed E-state index contributed by atoms with van der Waals surface area (Å²) in [5.41, 5.74) is 1.51. The molecule has 0 aliphatic carbocycles. The predicted octanol–water partition coefficient (Wildman–Crippen LogP) is 2.29. The molecule has 0 fully saturated rings. The molecule has 4 rings (SSSR count). The van der Waals surface area contributed by atoms with Crippen molar-refractivity contribution < 1.29 is 38.4 Å². The van der Waals surface area contributed by atoms with Crippen LogP contribution in [0, 0.1) is 0 Å². The highest BCUT2D eigenvalue weighted by Gasteiger charge is 2.34. The van der Waals surface area contributed by atoms with E-state index >= 15 is 0 Å². The van der Waals surface area contributed by atoms with Crippen molar-refractivity contribution in [1.29, 1.82) is 0 Å². The van der Waals surface area contributed by atoms with Crippen LogP contribution in [0.1, 0.15) is 31.0 Å². The Morgan fingerprint density at radius 3 is 2.27 bits per heavy atom. The molecule has 1 N–H and O–H groups in total. The molecule has 0 radical (unpaired) electrons. The van der Waals surface area contributed by atoms with Crippen molar-refractivity contribution in [3.05, 3.63) is 78.5 Å². The van der Waals surface area contributed by atoms with Crippen LogP contribution < -0.4 is 33.8 Å². The van der Waals surface area contributed by atoms with Gasteiger partial charge in [0.05, 0.1) is 49.8 Å². The van der Waals surface area contributed by atoms with Crippen LogP contribution in [-0.2, 0) is 14.3 Å². The number of aromatic nitrogens is 1. The van der Waals surface area contributed by atoms with Crippen LogP contribution in [0.3, 0.4) is 0 Å². The summed E-state index contributed by atoms with van der Waals surface area (Å²) < 4.78 is 28.9. The van der Waals surface area contributed by atoms with E-state index in [1.54, 1.807) is 56.3 Å². The number of ether oxygens (including phenoxy) is 5. The highest BCUT2D eigenvalue weighted by atomic mass is 32.1. The average Bonchev–Trinajstić information content (AvgIpc) is 3.24. The van der Waals surface area contributed by atoms with E-state index in [1.807, 2.05) is 0 Å². The predicted molar refractivity (Wildman–Crippen MR) is 146 cm³/mol. The molecule has 2 heterocycles. The Hall–Kier alpha value is -4.58. The van der Waals surface area contributed by atoms with Crippen LogP contribution in [0.15, 0.2) is 57.5 Å². The third-order valence-corrected chi connectivity index (χ3v) is 7.04. The van der Waals surface area contributed by atoms with Crippen molar-refractivity contribution >= 4 is 29.4 Å². The SMILES string of the molecule is CCOC(=O)C1=C(C)N=c2s/c(=C\c3ccc(OCC(=O)O)cc3)c(=O)n2[C@@H]1c1cc(OC)c(OC)c(OC)c1. The Bertz CT molecular complexity index is 1630. The van der Waals surface area contributed by atoms with E-state index in [4.69, 9.17) is 28.8 Å². The average molecular weight is 569 g/mol. The second-order valence-electron chi connectivity index (χ2n) is 8.51.